The maximum atomic E-state index is 14.0. The Morgan fingerprint density at radius 3 is 1.07 bits per heavy atom. The number of quaternary nitrogens is 1. The summed E-state index contributed by atoms with van der Waals surface area (Å²) in [6.45, 7) is -1.38. The van der Waals surface area contributed by atoms with E-state index < -0.39 is 80.9 Å². The van der Waals surface area contributed by atoms with Crippen LogP contribution in [-0.2, 0) is 9.84 Å². The highest BCUT2D eigenvalue weighted by atomic mass is 32.2. The zero-order chi connectivity index (χ0) is 36.2. The van der Waals surface area contributed by atoms with Crippen LogP contribution in [0.1, 0.15) is 6.42 Å². The molecular weight excluding hydrogens is 707 g/mol. The second-order valence-electron chi connectivity index (χ2n) is 10.0. The molecule has 1 N–H and O–H groups in total. The average molecular weight is 727 g/mol. The zero-order valence-electron chi connectivity index (χ0n) is 21.6. The van der Waals surface area contributed by atoms with Crippen molar-refractivity contribution in [3.63, 3.8) is 0 Å². The largest absolute Gasteiger partial charge is 0.460 e. The number of nitrogens with one attached hydrogen (secondary N) is 1. The maximum Gasteiger partial charge on any atom is 0.460 e. The average Bonchev–Trinajstić information content (AvgIpc) is 2.78. The number of nitrogens with zero attached hydrogens (tertiary/aromatic N) is 1. The summed E-state index contributed by atoms with van der Waals surface area (Å²) < 4.78 is 305. The molecule has 0 spiro atoms. The molecule has 0 amide bonds. The molecule has 0 atom stereocenters. The van der Waals surface area contributed by atoms with Gasteiger partial charge in [-0.25, -0.2) is 8.42 Å². The van der Waals surface area contributed by atoms with Crippen LogP contribution in [0.15, 0.2) is 0 Å². The number of hydrogen-bond acceptors (Lipinski definition) is 3. The Labute approximate surface area is 233 Å². The van der Waals surface area contributed by atoms with Crippen molar-refractivity contribution in [1.29, 1.82) is 0 Å². The van der Waals surface area contributed by atoms with Gasteiger partial charge in [-0.15, -0.1) is 0 Å². The smallest absolute Gasteiger partial charge is 0.331 e. The summed E-state index contributed by atoms with van der Waals surface area (Å²) in [5.41, 5.74) is 0. The van der Waals surface area contributed by atoms with E-state index in [4.69, 9.17) is 0 Å². The molecule has 0 aromatic rings. The van der Waals surface area contributed by atoms with Crippen LogP contribution >= 0.6 is 0 Å². The molecular formula is C18H20F21N2O2S+. The van der Waals surface area contributed by atoms with Crippen molar-refractivity contribution in [2.45, 2.75) is 65.2 Å². The highest BCUT2D eigenvalue weighted by molar-refractivity contribution is 7.92. The van der Waals surface area contributed by atoms with Crippen LogP contribution in [0.3, 0.4) is 0 Å². The van der Waals surface area contributed by atoms with E-state index >= 15 is 0 Å². The Balaban J connectivity index is 6.67. The fraction of sp³-hybridized carbons (Fsp3) is 1.00. The van der Waals surface area contributed by atoms with Gasteiger partial charge in [-0.05, 0) is 0 Å². The minimum Gasteiger partial charge on any atom is -0.331 e. The van der Waals surface area contributed by atoms with Gasteiger partial charge < -0.3 is 9.80 Å². The van der Waals surface area contributed by atoms with Gasteiger partial charge in [0.05, 0.1) is 33.4 Å². The van der Waals surface area contributed by atoms with Crippen molar-refractivity contribution >= 4 is 9.84 Å². The molecule has 44 heavy (non-hydrogen) atoms. The number of rotatable bonds is 16. The molecule has 0 saturated heterocycles. The van der Waals surface area contributed by atoms with Gasteiger partial charge >= 0.3 is 58.8 Å². The van der Waals surface area contributed by atoms with Crippen LogP contribution < -0.4 is 5.32 Å². The Kier molecular flexibility index (Phi) is 11.2. The number of sulfone groups is 1. The summed E-state index contributed by atoms with van der Waals surface area (Å²) in [5.74, 6) is -74.4. The Morgan fingerprint density at radius 1 is 0.477 bits per heavy atom. The van der Waals surface area contributed by atoms with Crippen molar-refractivity contribution in [1.82, 2.24) is 5.32 Å². The molecule has 0 rings (SSSR count). The summed E-state index contributed by atoms with van der Waals surface area (Å²) in [6, 6.07) is 0. The SMILES string of the molecule is C[N+](C)(C)CCCNCCS(=O)(=O)C(F)(F)C(F)(F)C(F)(F)C(F)(F)C(F)(F)C(F)(F)C(F)(F)C(F)(F)C(F)(F)C(F)(F)F. The lowest BCUT2D eigenvalue weighted by Gasteiger charge is -2.44. The molecule has 26 heteroatoms. The highest BCUT2D eigenvalue weighted by Crippen LogP contribution is 2.66. The summed E-state index contributed by atoms with van der Waals surface area (Å²) in [7, 11) is -2.38. The third-order valence-electron chi connectivity index (χ3n) is 5.60. The van der Waals surface area contributed by atoms with Gasteiger partial charge in [0.2, 0.25) is 9.84 Å². The molecule has 0 heterocycles. The van der Waals surface area contributed by atoms with Gasteiger partial charge in [-0.3, -0.25) is 0 Å². The van der Waals surface area contributed by atoms with E-state index in [9.17, 15) is 101 Å². The fourth-order valence-electron chi connectivity index (χ4n) is 2.88. The molecule has 0 saturated carbocycles. The van der Waals surface area contributed by atoms with E-state index in [1.165, 1.54) is 0 Å². The van der Waals surface area contributed by atoms with Crippen molar-refractivity contribution in [3.05, 3.63) is 0 Å². The Bertz CT molecular complexity index is 1110. The van der Waals surface area contributed by atoms with Gasteiger partial charge in [0, 0.05) is 19.5 Å². The lowest BCUT2D eigenvalue weighted by atomic mass is 9.87. The molecule has 0 bridgehead atoms. The van der Waals surface area contributed by atoms with Gasteiger partial charge in [0.1, 0.15) is 0 Å². The molecule has 266 valence electrons. The summed E-state index contributed by atoms with van der Waals surface area (Å²) >= 11 is 0. The van der Waals surface area contributed by atoms with Crippen LogP contribution in [0.25, 0.3) is 0 Å². The van der Waals surface area contributed by atoms with Crippen LogP contribution in [0.4, 0.5) is 92.2 Å². The van der Waals surface area contributed by atoms with Crippen LogP contribution in [0.5, 0.6) is 0 Å². The quantitative estimate of drug-likeness (QED) is 0.115. The van der Waals surface area contributed by atoms with Crippen LogP contribution in [0, 0.1) is 0 Å². The molecule has 4 nitrogen and oxygen atoms in total. The minimum absolute atomic E-state index is 0.0995. The first kappa shape index (κ1) is 42.4. The normalized spacial score (nSPS) is 16.5. The van der Waals surface area contributed by atoms with Crippen molar-refractivity contribution < 1.29 is 105 Å². The third-order valence-corrected chi connectivity index (χ3v) is 7.38. The standard InChI is InChI=1S/C18H20F21N2O2S/c1-41(2,3)7-4-5-40-6-8-44(42,43)18(38,39)16(33,34)14(29,30)12(25,26)10(21,22)9(19,20)11(23,24)13(27,28)15(31,32)17(35,36)37/h40H,4-8H2,1-3H3/q+1. The number of halogens is 21. The van der Waals surface area contributed by atoms with Crippen molar-refractivity contribution in [3.8, 4) is 0 Å². The van der Waals surface area contributed by atoms with E-state index in [2.05, 4.69) is 0 Å². The topological polar surface area (TPSA) is 46.2 Å². The first-order valence-electron chi connectivity index (χ1n) is 10.9. The van der Waals surface area contributed by atoms with Gasteiger partial charge in [0.25, 0.3) is 0 Å². The summed E-state index contributed by atoms with van der Waals surface area (Å²) in [6.07, 6.45) is -7.97. The molecule has 0 aromatic carbocycles. The van der Waals surface area contributed by atoms with E-state index in [0.717, 1.165) is 0 Å². The fourth-order valence-corrected chi connectivity index (χ4v) is 4.07. The molecule has 0 fully saturated rings. The van der Waals surface area contributed by atoms with Crippen molar-refractivity contribution in [2.24, 2.45) is 0 Å². The summed E-state index contributed by atoms with van der Waals surface area (Å²) in [4.78, 5) is 0. The Morgan fingerprint density at radius 2 is 0.773 bits per heavy atom. The van der Waals surface area contributed by atoms with E-state index in [-0.39, 0.29) is 24.0 Å². The van der Waals surface area contributed by atoms with Gasteiger partial charge in [0.15, 0.2) is 0 Å². The van der Waals surface area contributed by atoms with Crippen LogP contribution in [0.2, 0.25) is 0 Å². The second-order valence-corrected chi connectivity index (χ2v) is 12.2. The van der Waals surface area contributed by atoms with Gasteiger partial charge in [-0.1, -0.05) is 0 Å². The zero-order valence-corrected chi connectivity index (χ0v) is 22.5. The van der Waals surface area contributed by atoms with E-state index in [1.54, 1.807) is 21.1 Å². The highest BCUT2D eigenvalue weighted by Gasteiger charge is 2.98. The van der Waals surface area contributed by atoms with Crippen molar-refractivity contribution in [2.75, 3.05) is 46.5 Å². The molecule has 0 aliphatic rings. The molecule has 0 radical (unpaired) electrons. The first-order chi connectivity index (χ1) is 18.7. The predicted molar refractivity (Wildman–Crippen MR) is 105 cm³/mol. The number of hydrogen-bond donors (Lipinski definition) is 1. The molecule has 0 aliphatic carbocycles. The lowest BCUT2D eigenvalue weighted by Crippen LogP contribution is -2.77. The second kappa shape index (κ2) is 11.6. The summed E-state index contributed by atoms with van der Waals surface area (Å²) in [5, 5.41) is -5.68. The third kappa shape index (κ3) is 6.35. The minimum atomic E-state index is -9.32. The lowest BCUT2D eigenvalue weighted by molar-refractivity contribution is -0.870. The Hall–Kier alpha value is -1.60. The predicted octanol–water partition coefficient (Wildman–Crippen LogP) is 6.32. The number of alkyl halides is 21. The van der Waals surface area contributed by atoms with E-state index in [0.29, 0.717) is 0 Å². The molecule has 0 unspecified atom stereocenters. The maximum absolute atomic E-state index is 14.0. The first-order valence-corrected chi connectivity index (χ1v) is 12.6. The van der Waals surface area contributed by atoms with Crippen LogP contribution in [-0.4, -0.2) is 118 Å². The van der Waals surface area contributed by atoms with E-state index in [1.807, 2.05) is 5.32 Å². The molecule has 0 aliphatic heterocycles. The van der Waals surface area contributed by atoms with Gasteiger partial charge in [-0.2, -0.15) is 92.2 Å². The monoisotopic (exact) mass is 727 g/mol. The molecule has 0 aromatic heterocycles.